The fourth-order valence-corrected chi connectivity index (χ4v) is 2.34. The Bertz CT molecular complexity index is 437. The van der Waals surface area contributed by atoms with Gasteiger partial charge in [-0.3, -0.25) is 0 Å². The molecule has 1 aliphatic heterocycles. The second kappa shape index (κ2) is 6.43. The number of alkyl halides is 3. The van der Waals surface area contributed by atoms with E-state index < -0.39 is 11.7 Å². The first-order valence-electron chi connectivity index (χ1n) is 6.86. The number of pyridine rings is 1. The van der Waals surface area contributed by atoms with Gasteiger partial charge in [0.25, 0.3) is 0 Å². The van der Waals surface area contributed by atoms with Crippen molar-refractivity contribution in [3.63, 3.8) is 0 Å². The Hall–Kier alpha value is -1.30. The van der Waals surface area contributed by atoms with E-state index in [4.69, 9.17) is 4.74 Å². The van der Waals surface area contributed by atoms with Crippen LogP contribution in [0.2, 0.25) is 0 Å². The molecule has 1 aromatic heterocycles. The number of nitrogens with zero attached hydrogens (tertiary/aromatic N) is 2. The summed E-state index contributed by atoms with van der Waals surface area (Å²) < 4.78 is 43.5. The maximum atomic E-state index is 12.7. The monoisotopic (exact) mass is 288 g/mol. The Kier molecular flexibility index (Phi) is 4.86. The van der Waals surface area contributed by atoms with Gasteiger partial charge in [0.2, 0.25) is 0 Å². The zero-order valence-corrected chi connectivity index (χ0v) is 11.5. The highest BCUT2D eigenvalue weighted by Crippen LogP contribution is 2.31. The molecule has 0 bridgehead atoms. The van der Waals surface area contributed by atoms with E-state index in [9.17, 15) is 13.2 Å². The molecular weight excluding hydrogens is 269 g/mol. The van der Waals surface area contributed by atoms with Gasteiger partial charge in [-0.25, -0.2) is 4.98 Å². The van der Waals surface area contributed by atoms with Crippen molar-refractivity contribution in [1.82, 2.24) is 4.98 Å². The smallest absolute Gasteiger partial charge is 0.381 e. The van der Waals surface area contributed by atoms with E-state index in [0.29, 0.717) is 24.9 Å². The van der Waals surface area contributed by atoms with Gasteiger partial charge in [0, 0.05) is 31.8 Å². The van der Waals surface area contributed by atoms with Crippen molar-refractivity contribution in [2.75, 3.05) is 31.2 Å². The standard InChI is InChI=1S/C14H19F3N2O/c1-2-7-20-10-11-4-6-19(9-11)13-8-12(3-5-18-13)14(15,16)17/h3,5,8,11H,2,4,6-7,9-10H2,1H3. The van der Waals surface area contributed by atoms with Crippen LogP contribution >= 0.6 is 0 Å². The summed E-state index contributed by atoms with van der Waals surface area (Å²) >= 11 is 0. The first-order chi connectivity index (χ1) is 9.50. The van der Waals surface area contributed by atoms with E-state index >= 15 is 0 Å². The summed E-state index contributed by atoms with van der Waals surface area (Å²) in [6, 6.07) is 2.12. The third kappa shape index (κ3) is 3.85. The number of aromatic nitrogens is 1. The number of hydrogen-bond acceptors (Lipinski definition) is 3. The van der Waals surface area contributed by atoms with Gasteiger partial charge in [-0.05, 0) is 25.0 Å². The number of rotatable bonds is 5. The quantitative estimate of drug-likeness (QED) is 0.777. The van der Waals surface area contributed by atoms with Crippen LogP contribution in [-0.2, 0) is 10.9 Å². The van der Waals surface area contributed by atoms with Gasteiger partial charge in [0.1, 0.15) is 5.82 Å². The molecule has 0 radical (unpaired) electrons. The highest BCUT2D eigenvalue weighted by molar-refractivity contribution is 5.42. The summed E-state index contributed by atoms with van der Waals surface area (Å²) in [5.41, 5.74) is -0.645. The molecule has 2 heterocycles. The van der Waals surface area contributed by atoms with Crippen molar-refractivity contribution < 1.29 is 17.9 Å². The number of anilines is 1. The number of ether oxygens (including phenoxy) is 1. The molecule has 0 N–H and O–H groups in total. The molecule has 112 valence electrons. The van der Waals surface area contributed by atoms with E-state index in [1.165, 1.54) is 6.20 Å². The minimum atomic E-state index is -4.32. The van der Waals surface area contributed by atoms with Crippen LogP contribution in [-0.4, -0.2) is 31.3 Å². The van der Waals surface area contributed by atoms with Crippen molar-refractivity contribution in [1.29, 1.82) is 0 Å². The van der Waals surface area contributed by atoms with E-state index in [1.54, 1.807) is 0 Å². The predicted molar refractivity (Wildman–Crippen MR) is 70.7 cm³/mol. The van der Waals surface area contributed by atoms with E-state index in [1.807, 2.05) is 11.8 Å². The second-order valence-corrected chi connectivity index (χ2v) is 5.08. The van der Waals surface area contributed by atoms with Crippen LogP contribution in [0.25, 0.3) is 0 Å². The largest absolute Gasteiger partial charge is 0.416 e. The molecular formula is C14H19F3N2O. The topological polar surface area (TPSA) is 25.4 Å². The molecule has 0 aromatic carbocycles. The number of halogens is 3. The fourth-order valence-electron chi connectivity index (χ4n) is 2.34. The summed E-state index contributed by atoms with van der Waals surface area (Å²) in [6.07, 6.45) is -1.19. The van der Waals surface area contributed by atoms with Crippen LogP contribution in [0.1, 0.15) is 25.3 Å². The van der Waals surface area contributed by atoms with Crippen LogP contribution in [0.5, 0.6) is 0 Å². The van der Waals surface area contributed by atoms with Gasteiger partial charge in [-0.2, -0.15) is 13.2 Å². The predicted octanol–water partition coefficient (Wildman–Crippen LogP) is 3.35. The maximum absolute atomic E-state index is 12.7. The Labute approximate surface area is 116 Å². The molecule has 0 spiro atoms. The molecule has 3 nitrogen and oxygen atoms in total. The van der Waals surface area contributed by atoms with Gasteiger partial charge in [0.15, 0.2) is 0 Å². The Balaban J connectivity index is 1.96. The zero-order chi connectivity index (χ0) is 14.6. The molecule has 0 amide bonds. The third-order valence-electron chi connectivity index (χ3n) is 3.38. The first kappa shape index (κ1) is 15.1. The molecule has 1 saturated heterocycles. The average molecular weight is 288 g/mol. The molecule has 1 unspecified atom stereocenters. The molecule has 1 atom stereocenters. The molecule has 20 heavy (non-hydrogen) atoms. The zero-order valence-electron chi connectivity index (χ0n) is 11.5. The minimum absolute atomic E-state index is 0.373. The van der Waals surface area contributed by atoms with Crippen molar-refractivity contribution >= 4 is 5.82 Å². The highest BCUT2D eigenvalue weighted by Gasteiger charge is 2.32. The van der Waals surface area contributed by atoms with Crippen molar-refractivity contribution in [3.05, 3.63) is 23.9 Å². The van der Waals surface area contributed by atoms with Crippen LogP contribution < -0.4 is 4.90 Å². The van der Waals surface area contributed by atoms with Gasteiger partial charge < -0.3 is 9.64 Å². The molecule has 0 saturated carbocycles. The number of hydrogen-bond donors (Lipinski definition) is 0. The SMILES string of the molecule is CCCOCC1CCN(c2cc(C(F)(F)F)ccn2)C1. The van der Waals surface area contributed by atoms with Crippen molar-refractivity contribution in [3.8, 4) is 0 Å². The summed E-state index contributed by atoms with van der Waals surface area (Å²) in [7, 11) is 0. The molecule has 1 aliphatic rings. The normalized spacial score (nSPS) is 19.6. The van der Waals surface area contributed by atoms with Gasteiger partial charge in [0.05, 0.1) is 12.2 Å². The van der Waals surface area contributed by atoms with Gasteiger partial charge in [-0.1, -0.05) is 6.92 Å². The Morgan fingerprint density at radius 1 is 1.45 bits per heavy atom. The molecule has 0 aliphatic carbocycles. The lowest BCUT2D eigenvalue weighted by molar-refractivity contribution is -0.137. The lowest BCUT2D eigenvalue weighted by Crippen LogP contribution is -2.22. The minimum Gasteiger partial charge on any atom is -0.381 e. The molecule has 1 fully saturated rings. The Morgan fingerprint density at radius 3 is 2.95 bits per heavy atom. The molecule has 2 rings (SSSR count). The average Bonchev–Trinajstić information content (AvgIpc) is 2.87. The van der Waals surface area contributed by atoms with Gasteiger partial charge in [-0.15, -0.1) is 0 Å². The summed E-state index contributed by atoms with van der Waals surface area (Å²) in [5.74, 6) is 0.774. The van der Waals surface area contributed by atoms with E-state index in [0.717, 1.165) is 38.1 Å². The molecule has 6 heteroatoms. The second-order valence-electron chi connectivity index (χ2n) is 5.08. The van der Waals surface area contributed by atoms with Crippen LogP contribution in [0, 0.1) is 5.92 Å². The van der Waals surface area contributed by atoms with Crippen LogP contribution in [0.15, 0.2) is 18.3 Å². The molecule has 1 aromatic rings. The van der Waals surface area contributed by atoms with E-state index in [2.05, 4.69) is 4.98 Å². The fraction of sp³-hybridized carbons (Fsp3) is 0.643. The van der Waals surface area contributed by atoms with Crippen molar-refractivity contribution in [2.24, 2.45) is 5.92 Å². The highest BCUT2D eigenvalue weighted by atomic mass is 19.4. The summed E-state index contributed by atoms with van der Waals surface area (Å²) in [6.45, 7) is 4.89. The Morgan fingerprint density at radius 2 is 2.25 bits per heavy atom. The first-order valence-corrected chi connectivity index (χ1v) is 6.86. The van der Waals surface area contributed by atoms with Crippen LogP contribution in [0.3, 0.4) is 0 Å². The van der Waals surface area contributed by atoms with Crippen molar-refractivity contribution in [2.45, 2.75) is 25.9 Å². The summed E-state index contributed by atoms with van der Waals surface area (Å²) in [4.78, 5) is 5.95. The van der Waals surface area contributed by atoms with E-state index in [-0.39, 0.29) is 0 Å². The van der Waals surface area contributed by atoms with Gasteiger partial charge >= 0.3 is 6.18 Å². The van der Waals surface area contributed by atoms with Crippen LogP contribution in [0.4, 0.5) is 19.0 Å². The third-order valence-corrected chi connectivity index (χ3v) is 3.38. The summed E-state index contributed by atoms with van der Waals surface area (Å²) in [5, 5.41) is 0. The maximum Gasteiger partial charge on any atom is 0.416 e. The lowest BCUT2D eigenvalue weighted by atomic mass is 10.1. The lowest BCUT2D eigenvalue weighted by Gasteiger charge is -2.18.